The summed E-state index contributed by atoms with van der Waals surface area (Å²) in [5.41, 5.74) is 1.89. The van der Waals surface area contributed by atoms with E-state index in [0.717, 1.165) is 26.3 Å². The van der Waals surface area contributed by atoms with Gasteiger partial charge in [0, 0.05) is 31.6 Å². The van der Waals surface area contributed by atoms with Crippen LogP contribution in [-0.4, -0.2) is 0 Å². The van der Waals surface area contributed by atoms with E-state index in [4.69, 9.17) is 16.0 Å². The Bertz CT molecular complexity index is 1460. The van der Waals surface area contributed by atoms with Crippen molar-refractivity contribution < 1.29 is 4.42 Å². The van der Waals surface area contributed by atoms with Crippen LogP contribution in [0.4, 0.5) is 0 Å². The summed E-state index contributed by atoms with van der Waals surface area (Å²) < 4.78 is 8.68. The monoisotopic (exact) mass is 358 g/mol. The summed E-state index contributed by atoms with van der Waals surface area (Å²) in [5.74, 6) is 0. The highest BCUT2D eigenvalue weighted by Crippen LogP contribution is 2.45. The Balaban J connectivity index is 1.94. The molecular formula is C22H11ClOS. The Labute approximate surface area is 152 Å². The fourth-order valence-corrected chi connectivity index (χ4v) is 5.25. The number of furan rings is 1. The van der Waals surface area contributed by atoms with Crippen molar-refractivity contribution in [2.24, 2.45) is 0 Å². The Morgan fingerprint density at radius 3 is 2.56 bits per heavy atom. The van der Waals surface area contributed by atoms with Gasteiger partial charge in [-0.25, -0.2) is 0 Å². The first-order valence-corrected chi connectivity index (χ1v) is 9.34. The first-order chi connectivity index (χ1) is 12.3. The predicted octanol–water partition coefficient (Wildman–Crippen LogP) is 7.76. The molecule has 0 saturated heterocycles. The molecule has 0 unspecified atom stereocenters. The fourth-order valence-electron chi connectivity index (χ4n) is 3.85. The number of fused-ring (bicyclic) bond motifs is 9. The van der Waals surface area contributed by atoms with Gasteiger partial charge in [-0.2, -0.15) is 0 Å². The molecular weight excluding hydrogens is 348 g/mol. The zero-order chi connectivity index (χ0) is 16.5. The molecule has 1 nitrogen and oxygen atoms in total. The average molecular weight is 359 g/mol. The largest absolute Gasteiger partial charge is 0.455 e. The maximum absolute atomic E-state index is 6.44. The Kier molecular flexibility index (Phi) is 2.61. The molecule has 0 aliphatic rings. The molecule has 3 heteroatoms. The van der Waals surface area contributed by atoms with Crippen LogP contribution >= 0.6 is 22.9 Å². The van der Waals surface area contributed by atoms with Crippen molar-refractivity contribution in [3.63, 3.8) is 0 Å². The van der Waals surface area contributed by atoms with Crippen LogP contribution in [0.1, 0.15) is 0 Å². The number of hydrogen-bond donors (Lipinski definition) is 0. The number of thiophene rings is 1. The minimum Gasteiger partial charge on any atom is -0.455 e. The standard InChI is InChI=1S/C22H11ClOS/c23-16-7-3-6-15-20-18(25-22(15)16)11-10-17-19(20)14-9-8-12-4-1-2-5-13(12)21(14)24-17/h1-11H. The van der Waals surface area contributed by atoms with Gasteiger partial charge in [-0.15, -0.1) is 11.3 Å². The lowest BCUT2D eigenvalue weighted by Gasteiger charge is -1.98. The van der Waals surface area contributed by atoms with E-state index in [-0.39, 0.29) is 0 Å². The number of rotatable bonds is 0. The lowest BCUT2D eigenvalue weighted by molar-refractivity contribution is 0.673. The Hall–Kier alpha value is -2.55. The van der Waals surface area contributed by atoms with E-state index in [1.54, 1.807) is 11.3 Å². The summed E-state index contributed by atoms with van der Waals surface area (Å²) in [5, 5.41) is 7.96. The summed E-state index contributed by atoms with van der Waals surface area (Å²) in [6, 6.07) is 23.1. The fraction of sp³-hybridized carbons (Fsp3) is 0. The lowest BCUT2D eigenvalue weighted by Crippen LogP contribution is -1.73. The smallest absolute Gasteiger partial charge is 0.143 e. The first-order valence-electron chi connectivity index (χ1n) is 8.15. The third-order valence-electron chi connectivity index (χ3n) is 4.94. The highest BCUT2D eigenvalue weighted by Gasteiger charge is 2.17. The van der Waals surface area contributed by atoms with Crippen molar-refractivity contribution in [1.29, 1.82) is 0 Å². The summed E-state index contributed by atoms with van der Waals surface area (Å²) in [7, 11) is 0. The molecule has 0 radical (unpaired) electrons. The van der Waals surface area contributed by atoms with Crippen LogP contribution < -0.4 is 0 Å². The van der Waals surface area contributed by atoms with Crippen LogP contribution in [0.25, 0.3) is 52.9 Å². The van der Waals surface area contributed by atoms with Gasteiger partial charge in [-0.3, -0.25) is 0 Å². The van der Waals surface area contributed by atoms with E-state index in [1.165, 1.54) is 31.6 Å². The highest BCUT2D eigenvalue weighted by molar-refractivity contribution is 7.26. The van der Waals surface area contributed by atoms with E-state index in [0.29, 0.717) is 0 Å². The SMILES string of the molecule is Clc1cccc2c1sc1ccc3oc4c5ccccc5ccc4c3c12. The van der Waals surface area contributed by atoms with Gasteiger partial charge in [0.2, 0.25) is 0 Å². The molecule has 0 amide bonds. The van der Waals surface area contributed by atoms with E-state index in [1.807, 2.05) is 12.1 Å². The van der Waals surface area contributed by atoms with Crippen molar-refractivity contribution in [3.8, 4) is 0 Å². The molecule has 0 aliphatic heterocycles. The van der Waals surface area contributed by atoms with Gasteiger partial charge in [0.1, 0.15) is 11.2 Å². The van der Waals surface area contributed by atoms with Gasteiger partial charge in [0.05, 0.1) is 9.72 Å². The molecule has 0 atom stereocenters. The van der Waals surface area contributed by atoms with Crippen LogP contribution in [0.15, 0.2) is 71.1 Å². The maximum atomic E-state index is 6.44. The van der Waals surface area contributed by atoms with E-state index in [2.05, 4.69) is 54.6 Å². The highest BCUT2D eigenvalue weighted by atomic mass is 35.5. The summed E-state index contributed by atoms with van der Waals surface area (Å²) in [6.07, 6.45) is 0. The second-order valence-electron chi connectivity index (χ2n) is 6.30. The molecule has 2 heterocycles. The molecule has 0 N–H and O–H groups in total. The number of benzene rings is 4. The molecule has 0 spiro atoms. The molecule has 0 bridgehead atoms. The van der Waals surface area contributed by atoms with Crippen LogP contribution in [0.5, 0.6) is 0 Å². The second-order valence-corrected chi connectivity index (χ2v) is 7.76. The second kappa shape index (κ2) is 4.75. The van der Waals surface area contributed by atoms with Crippen molar-refractivity contribution in [2.75, 3.05) is 0 Å². The average Bonchev–Trinajstić information content (AvgIpc) is 3.20. The minimum absolute atomic E-state index is 0.810. The molecule has 0 fully saturated rings. The van der Waals surface area contributed by atoms with E-state index in [9.17, 15) is 0 Å². The lowest BCUT2D eigenvalue weighted by atomic mass is 10.0. The summed E-state index contributed by atoms with van der Waals surface area (Å²) >= 11 is 8.18. The van der Waals surface area contributed by atoms with Crippen LogP contribution in [0.3, 0.4) is 0 Å². The maximum Gasteiger partial charge on any atom is 0.143 e. The van der Waals surface area contributed by atoms with Crippen molar-refractivity contribution in [3.05, 3.63) is 71.8 Å². The van der Waals surface area contributed by atoms with Crippen molar-refractivity contribution >= 4 is 75.8 Å². The van der Waals surface area contributed by atoms with E-state index >= 15 is 0 Å². The molecule has 25 heavy (non-hydrogen) atoms. The Morgan fingerprint density at radius 2 is 1.60 bits per heavy atom. The van der Waals surface area contributed by atoms with Crippen molar-refractivity contribution in [2.45, 2.75) is 0 Å². The van der Waals surface area contributed by atoms with E-state index < -0.39 is 0 Å². The third kappa shape index (κ3) is 1.73. The minimum atomic E-state index is 0.810. The molecule has 6 aromatic rings. The van der Waals surface area contributed by atoms with Gasteiger partial charge < -0.3 is 4.42 Å². The van der Waals surface area contributed by atoms with Crippen molar-refractivity contribution in [1.82, 2.24) is 0 Å². The third-order valence-corrected chi connectivity index (χ3v) is 6.57. The molecule has 0 aliphatic carbocycles. The molecule has 2 aromatic heterocycles. The molecule has 4 aromatic carbocycles. The first kappa shape index (κ1) is 13.7. The number of hydrogen-bond acceptors (Lipinski definition) is 2. The number of halogens is 1. The zero-order valence-corrected chi connectivity index (χ0v) is 14.6. The normalized spacial score (nSPS) is 12.2. The predicted molar refractivity (Wildman–Crippen MR) is 109 cm³/mol. The zero-order valence-electron chi connectivity index (χ0n) is 13.0. The molecule has 6 rings (SSSR count). The molecule has 0 saturated carbocycles. The van der Waals surface area contributed by atoms with Crippen LogP contribution in [0.2, 0.25) is 5.02 Å². The van der Waals surface area contributed by atoms with Gasteiger partial charge in [0.15, 0.2) is 0 Å². The molecule has 118 valence electrons. The Morgan fingerprint density at radius 1 is 0.720 bits per heavy atom. The van der Waals surface area contributed by atoms with Gasteiger partial charge in [0.25, 0.3) is 0 Å². The summed E-state index contributed by atoms with van der Waals surface area (Å²) in [6.45, 7) is 0. The van der Waals surface area contributed by atoms with Gasteiger partial charge >= 0.3 is 0 Å². The quantitative estimate of drug-likeness (QED) is 0.270. The van der Waals surface area contributed by atoms with Gasteiger partial charge in [-0.1, -0.05) is 54.1 Å². The van der Waals surface area contributed by atoms with Gasteiger partial charge in [-0.05, 0) is 29.7 Å². The van der Waals surface area contributed by atoms with Crippen LogP contribution in [0, 0.1) is 0 Å². The topological polar surface area (TPSA) is 13.1 Å². The van der Waals surface area contributed by atoms with Crippen LogP contribution in [-0.2, 0) is 0 Å². The summed E-state index contributed by atoms with van der Waals surface area (Å²) in [4.78, 5) is 0.